The third-order valence-electron chi connectivity index (χ3n) is 2.59. The second-order valence-corrected chi connectivity index (χ2v) is 4.13. The number of aliphatic hydroxyl groups is 2. The van der Waals surface area contributed by atoms with Crippen molar-refractivity contribution in [2.24, 2.45) is 0 Å². The quantitative estimate of drug-likeness (QED) is 0.524. The molecule has 1 aromatic rings. The van der Waals surface area contributed by atoms with Crippen LogP contribution in [0, 0.1) is 0 Å². The third kappa shape index (κ3) is 3.97. The van der Waals surface area contributed by atoms with Crippen LogP contribution in [-0.2, 0) is 4.79 Å². The first-order chi connectivity index (χ1) is 8.99. The van der Waals surface area contributed by atoms with Crippen LogP contribution >= 0.6 is 0 Å². The number of anilines is 1. The molecule has 0 bridgehead atoms. The standard InChI is InChI=1S/C13H18N2O4/c1-14(2)11-5-3-10(12(18)7-11)4-6-13(19)15(8-16)9-17/h3-7,16-18H,8-9H2,1-2H3/b6-4+. The molecule has 19 heavy (non-hydrogen) atoms. The lowest BCUT2D eigenvalue weighted by Gasteiger charge is -2.14. The Morgan fingerprint density at radius 2 is 1.89 bits per heavy atom. The number of hydrogen-bond donors (Lipinski definition) is 3. The predicted octanol–water partition coefficient (Wildman–Crippen LogP) is 0.200. The Bertz CT molecular complexity index is 468. The van der Waals surface area contributed by atoms with E-state index in [9.17, 15) is 9.90 Å². The molecule has 3 N–H and O–H groups in total. The lowest BCUT2D eigenvalue weighted by Crippen LogP contribution is -2.31. The van der Waals surface area contributed by atoms with Crippen LogP contribution in [0.15, 0.2) is 24.3 Å². The highest BCUT2D eigenvalue weighted by Crippen LogP contribution is 2.24. The Hall–Kier alpha value is -2.05. The maximum atomic E-state index is 11.5. The fourth-order valence-corrected chi connectivity index (χ4v) is 1.40. The summed E-state index contributed by atoms with van der Waals surface area (Å²) in [5.41, 5.74) is 1.32. The van der Waals surface area contributed by atoms with E-state index in [-0.39, 0.29) is 5.75 Å². The summed E-state index contributed by atoms with van der Waals surface area (Å²) in [7, 11) is 3.71. The molecule has 6 nitrogen and oxygen atoms in total. The summed E-state index contributed by atoms with van der Waals surface area (Å²) in [6.45, 7) is -1.13. The average Bonchev–Trinajstić information content (AvgIpc) is 2.38. The van der Waals surface area contributed by atoms with Crippen molar-refractivity contribution < 1.29 is 20.1 Å². The van der Waals surface area contributed by atoms with Crippen molar-refractivity contribution in [1.29, 1.82) is 0 Å². The number of hydrogen-bond acceptors (Lipinski definition) is 5. The Morgan fingerprint density at radius 3 is 2.37 bits per heavy atom. The topological polar surface area (TPSA) is 84.2 Å². The zero-order valence-corrected chi connectivity index (χ0v) is 10.9. The van der Waals surface area contributed by atoms with Gasteiger partial charge in [0.2, 0.25) is 5.91 Å². The van der Waals surface area contributed by atoms with E-state index in [1.54, 1.807) is 18.2 Å². The van der Waals surface area contributed by atoms with Crippen LogP contribution < -0.4 is 4.90 Å². The summed E-state index contributed by atoms with van der Waals surface area (Å²) in [6.07, 6.45) is 2.60. The van der Waals surface area contributed by atoms with Crippen LogP contribution in [0.4, 0.5) is 5.69 Å². The van der Waals surface area contributed by atoms with Gasteiger partial charge in [0.15, 0.2) is 0 Å². The first kappa shape index (κ1) is 15.0. The molecule has 0 aliphatic carbocycles. The molecule has 0 saturated heterocycles. The summed E-state index contributed by atoms with van der Waals surface area (Å²) in [5, 5.41) is 27.4. The minimum atomic E-state index is -0.564. The Balaban J connectivity index is 2.85. The number of aliphatic hydroxyl groups excluding tert-OH is 2. The molecule has 0 radical (unpaired) electrons. The molecule has 1 rings (SSSR count). The molecule has 0 aliphatic rings. The zero-order chi connectivity index (χ0) is 14.4. The first-order valence-electron chi connectivity index (χ1n) is 5.68. The molecule has 0 aliphatic heterocycles. The average molecular weight is 266 g/mol. The van der Waals surface area contributed by atoms with Crippen molar-refractivity contribution in [3.63, 3.8) is 0 Å². The van der Waals surface area contributed by atoms with Crippen LogP contribution in [0.25, 0.3) is 6.08 Å². The molecule has 0 unspecified atom stereocenters. The van der Waals surface area contributed by atoms with Crippen LogP contribution in [0.2, 0.25) is 0 Å². The van der Waals surface area contributed by atoms with Gasteiger partial charge in [-0.1, -0.05) is 0 Å². The molecule has 104 valence electrons. The Kier molecular flexibility index (Phi) is 5.35. The van der Waals surface area contributed by atoms with E-state index < -0.39 is 19.4 Å². The summed E-state index contributed by atoms with van der Waals surface area (Å²) >= 11 is 0. The largest absolute Gasteiger partial charge is 0.507 e. The minimum absolute atomic E-state index is 0.0507. The van der Waals surface area contributed by atoms with Gasteiger partial charge in [0.05, 0.1) is 0 Å². The number of rotatable bonds is 5. The van der Waals surface area contributed by atoms with Crippen molar-refractivity contribution in [2.75, 3.05) is 32.5 Å². The van der Waals surface area contributed by atoms with E-state index >= 15 is 0 Å². The molecule has 0 heterocycles. The van der Waals surface area contributed by atoms with Gasteiger partial charge >= 0.3 is 0 Å². The van der Waals surface area contributed by atoms with Crippen LogP contribution in [-0.4, -0.2) is 53.7 Å². The van der Waals surface area contributed by atoms with E-state index in [0.717, 1.165) is 10.6 Å². The highest BCUT2D eigenvalue weighted by Gasteiger charge is 2.07. The van der Waals surface area contributed by atoms with E-state index in [4.69, 9.17) is 10.2 Å². The van der Waals surface area contributed by atoms with Crippen LogP contribution in [0.3, 0.4) is 0 Å². The van der Waals surface area contributed by atoms with Crippen LogP contribution in [0.1, 0.15) is 5.56 Å². The number of phenols is 1. The maximum Gasteiger partial charge on any atom is 0.250 e. The number of amides is 1. The van der Waals surface area contributed by atoms with Gasteiger partial charge in [-0.3, -0.25) is 9.69 Å². The number of benzene rings is 1. The highest BCUT2D eigenvalue weighted by atomic mass is 16.3. The van der Waals surface area contributed by atoms with Crippen molar-refractivity contribution in [2.45, 2.75) is 0 Å². The van der Waals surface area contributed by atoms with Gasteiger partial charge in [-0.25, -0.2) is 0 Å². The van der Waals surface area contributed by atoms with E-state index in [1.165, 1.54) is 12.2 Å². The minimum Gasteiger partial charge on any atom is -0.507 e. The Labute approximate surface area is 111 Å². The number of phenolic OH excluding ortho intramolecular Hbond substituents is 1. The molecule has 0 atom stereocenters. The number of carbonyl (C=O) groups excluding carboxylic acids is 1. The molecule has 6 heteroatoms. The van der Waals surface area contributed by atoms with Gasteiger partial charge in [-0.2, -0.15) is 0 Å². The Morgan fingerprint density at radius 1 is 1.26 bits per heavy atom. The highest BCUT2D eigenvalue weighted by molar-refractivity contribution is 5.92. The van der Waals surface area contributed by atoms with E-state index in [1.807, 2.05) is 19.0 Å². The molecular formula is C13H18N2O4. The second kappa shape index (κ2) is 6.77. The summed E-state index contributed by atoms with van der Waals surface area (Å²) < 4.78 is 0. The van der Waals surface area contributed by atoms with Gasteiger partial charge in [0, 0.05) is 37.5 Å². The fourth-order valence-electron chi connectivity index (χ4n) is 1.40. The molecule has 0 aromatic heterocycles. The molecule has 1 aromatic carbocycles. The van der Waals surface area contributed by atoms with Crippen molar-refractivity contribution >= 4 is 17.7 Å². The maximum absolute atomic E-state index is 11.5. The van der Waals surface area contributed by atoms with Crippen molar-refractivity contribution in [1.82, 2.24) is 4.90 Å². The van der Waals surface area contributed by atoms with Crippen LogP contribution in [0.5, 0.6) is 5.75 Å². The zero-order valence-electron chi connectivity index (χ0n) is 10.9. The van der Waals surface area contributed by atoms with E-state index in [2.05, 4.69) is 0 Å². The van der Waals surface area contributed by atoms with Gasteiger partial charge in [-0.15, -0.1) is 0 Å². The number of carbonyl (C=O) groups is 1. The summed E-state index contributed by atoms with van der Waals surface area (Å²) in [4.78, 5) is 14.2. The summed E-state index contributed by atoms with van der Waals surface area (Å²) in [5.74, 6) is -0.490. The second-order valence-electron chi connectivity index (χ2n) is 4.13. The normalized spacial score (nSPS) is 10.7. The summed E-state index contributed by atoms with van der Waals surface area (Å²) in [6, 6.07) is 5.07. The molecule has 1 amide bonds. The molecular weight excluding hydrogens is 248 g/mol. The molecule has 0 fully saturated rings. The lowest BCUT2D eigenvalue weighted by molar-refractivity contribution is -0.133. The van der Waals surface area contributed by atoms with E-state index in [0.29, 0.717) is 5.56 Å². The monoisotopic (exact) mass is 266 g/mol. The third-order valence-corrected chi connectivity index (χ3v) is 2.59. The lowest BCUT2D eigenvalue weighted by atomic mass is 10.1. The van der Waals surface area contributed by atoms with Gasteiger partial charge < -0.3 is 20.2 Å². The molecule has 0 saturated carbocycles. The number of nitrogens with zero attached hydrogens (tertiary/aromatic N) is 2. The SMILES string of the molecule is CN(C)c1ccc(/C=C/C(=O)N(CO)CO)c(O)c1. The molecule has 0 spiro atoms. The number of aromatic hydroxyl groups is 1. The smallest absolute Gasteiger partial charge is 0.250 e. The van der Waals surface area contributed by atoms with Crippen molar-refractivity contribution in [3.05, 3.63) is 29.8 Å². The van der Waals surface area contributed by atoms with Gasteiger partial charge in [0.25, 0.3) is 0 Å². The van der Waals surface area contributed by atoms with Crippen molar-refractivity contribution in [3.8, 4) is 5.75 Å². The fraction of sp³-hybridized carbons (Fsp3) is 0.308. The van der Waals surface area contributed by atoms with Gasteiger partial charge in [0.1, 0.15) is 19.2 Å². The predicted molar refractivity (Wildman–Crippen MR) is 72.5 cm³/mol. The first-order valence-corrected chi connectivity index (χ1v) is 5.68. The van der Waals surface area contributed by atoms with Gasteiger partial charge in [-0.05, 0) is 18.2 Å².